The Labute approximate surface area is 202 Å². The summed E-state index contributed by atoms with van der Waals surface area (Å²) in [4.78, 5) is 0. The molecule has 0 unspecified atom stereocenters. The van der Waals surface area contributed by atoms with E-state index in [4.69, 9.17) is 0 Å². The SMILES string of the molecule is CCc1cc(C(c2cc(CC)cc(C(C)(C)C)c2O)C2CCCCC2)c(O)c(C(C)(C)C)c1. The molecule has 0 radical (unpaired) electrons. The Morgan fingerprint density at radius 2 is 1.09 bits per heavy atom. The molecule has 0 atom stereocenters. The lowest BCUT2D eigenvalue weighted by molar-refractivity contribution is 0.314. The predicted octanol–water partition coefficient (Wildman–Crippen LogP) is 8.53. The highest BCUT2D eigenvalue weighted by Crippen LogP contribution is 2.50. The summed E-state index contributed by atoms with van der Waals surface area (Å²) >= 11 is 0. The molecule has 0 bridgehead atoms. The number of phenols is 2. The van der Waals surface area contributed by atoms with E-state index >= 15 is 0 Å². The van der Waals surface area contributed by atoms with Gasteiger partial charge in [-0.05, 0) is 64.7 Å². The Hall–Kier alpha value is -1.96. The Morgan fingerprint density at radius 3 is 1.42 bits per heavy atom. The lowest BCUT2D eigenvalue weighted by Gasteiger charge is -2.35. The molecule has 0 heterocycles. The summed E-state index contributed by atoms with van der Waals surface area (Å²) < 4.78 is 0. The van der Waals surface area contributed by atoms with Gasteiger partial charge in [0.15, 0.2) is 0 Å². The molecule has 1 aliphatic rings. The molecule has 182 valence electrons. The molecule has 0 aliphatic heterocycles. The fourth-order valence-electron chi connectivity index (χ4n) is 5.61. The Balaban J connectivity index is 2.35. The second-order valence-corrected chi connectivity index (χ2v) is 12.2. The van der Waals surface area contributed by atoms with E-state index in [2.05, 4.69) is 79.7 Å². The molecule has 1 aliphatic carbocycles. The molecule has 1 saturated carbocycles. The van der Waals surface area contributed by atoms with Crippen molar-refractivity contribution in [3.63, 3.8) is 0 Å². The summed E-state index contributed by atoms with van der Waals surface area (Å²) in [7, 11) is 0. The van der Waals surface area contributed by atoms with E-state index < -0.39 is 0 Å². The van der Waals surface area contributed by atoms with Gasteiger partial charge in [-0.15, -0.1) is 0 Å². The number of benzene rings is 2. The molecule has 2 N–H and O–H groups in total. The van der Waals surface area contributed by atoms with E-state index in [1.165, 1.54) is 30.4 Å². The van der Waals surface area contributed by atoms with Crippen molar-refractivity contribution in [3.8, 4) is 11.5 Å². The zero-order chi connectivity index (χ0) is 24.6. The van der Waals surface area contributed by atoms with Gasteiger partial charge in [0.1, 0.15) is 11.5 Å². The third-order valence-corrected chi connectivity index (χ3v) is 7.62. The monoisotopic (exact) mass is 450 g/mol. The van der Waals surface area contributed by atoms with Gasteiger partial charge in [0.25, 0.3) is 0 Å². The van der Waals surface area contributed by atoms with Crippen molar-refractivity contribution in [2.75, 3.05) is 0 Å². The molecule has 33 heavy (non-hydrogen) atoms. The van der Waals surface area contributed by atoms with E-state index in [1.54, 1.807) is 0 Å². The number of hydrogen-bond donors (Lipinski definition) is 2. The predicted molar refractivity (Wildman–Crippen MR) is 141 cm³/mol. The van der Waals surface area contributed by atoms with Crippen LogP contribution in [0.25, 0.3) is 0 Å². The van der Waals surface area contributed by atoms with Gasteiger partial charge in [0.2, 0.25) is 0 Å². The van der Waals surface area contributed by atoms with Crippen LogP contribution in [0, 0.1) is 5.92 Å². The highest BCUT2D eigenvalue weighted by molar-refractivity contribution is 5.56. The molecule has 3 rings (SSSR count). The van der Waals surface area contributed by atoms with Gasteiger partial charge in [-0.2, -0.15) is 0 Å². The summed E-state index contributed by atoms with van der Waals surface area (Å²) in [5.41, 5.74) is 6.27. The maximum absolute atomic E-state index is 11.7. The average Bonchev–Trinajstić information content (AvgIpc) is 2.75. The maximum Gasteiger partial charge on any atom is 0.123 e. The van der Waals surface area contributed by atoms with Crippen LogP contribution in [-0.4, -0.2) is 10.2 Å². The summed E-state index contributed by atoms with van der Waals surface area (Å²) in [6, 6.07) is 8.80. The van der Waals surface area contributed by atoms with Crippen LogP contribution in [0.15, 0.2) is 24.3 Å². The van der Waals surface area contributed by atoms with Gasteiger partial charge in [0, 0.05) is 17.0 Å². The van der Waals surface area contributed by atoms with Crippen molar-refractivity contribution in [3.05, 3.63) is 57.6 Å². The first-order valence-electron chi connectivity index (χ1n) is 13.1. The fourth-order valence-corrected chi connectivity index (χ4v) is 5.61. The van der Waals surface area contributed by atoms with Gasteiger partial charge in [0.05, 0.1) is 0 Å². The Morgan fingerprint density at radius 1 is 0.697 bits per heavy atom. The molecule has 0 aromatic heterocycles. The first-order valence-corrected chi connectivity index (χ1v) is 13.1. The lowest BCUT2D eigenvalue weighted by Crippen LogP contribution is -2.21. The zero-order valence-electron chi connectivity index (χ0n) is 22.3. The highest BCUT2D eigenvalue weighted by atomic mass is 16.3. The van der Waals surface area contributed by atoms with E-state index in [0.29, 0.717) is 17.4 Å². The molecular formula is C31H46O2. The van der Waals surface area contributed by atoms with E-state index in [0.717, 1.165) is 47.9 Å². The zero-order valence-corrected chi connectivity index (χ0v) is 22.3. The fraction of sp³-hybridized carbons (Fsp3) is 0.613. The first kappa shape index (κ1) is 25.7. The second-order valence-electron chi connectivity index (χ2n) is 12.2. The molecule has 0 amide bonds. The van der Waals surface area contributed by atoms with E-state index in [9.17, 15) is 10.2 Å². The van der Waals surface area contributed by atoms with Crippen molar-refractivity contribution in [1.82, 2.24) is 0 Å². The van der Waals surface area contributed by atoms with Crippen molar-refractivity contribution >= 4 is 0 Å². The molecule has 2 nitrogen and oxygen atoms in total. The van der Waals surface area contributed by atoms with Crippen LogP contribution in [0.5, 0.6) is 11.5 Å². The third kappa shape index (κ3) is 5.42. The van der Waals surface area contributed by atoms with E-state index in [1.807, 2.05) is 0 Å². The maximum atomic E-state index is 11.7. The molecule has 2 aromatic rings. The Bertz CT molecular complexity index is 894. The number of hydrogen-bond acceptors (Lipinski definition) is 2. The topological polar surface area (TPSA) is 40.5 Å². The van der Waals surface area contributed by atoms with Gasteiger partial charge in [-0.1, -0.05) is 98.9 Å². The number of rotatable bonds is 5. The van der Waals surface area contributed by atoms with Crippen LogP contribution >= 0.6 is 0 Å². The molecule has 2 heteroatoms. The number of aromatic hydroxyl groups is 2. The molecule has 0 spiro atoms. The lowest BCUT2D eigenvalue weighted by atomic mass is 9.70. The highest BCUT2D eigenvalue weighted by Gasteiger charge is 2.34. The number of phenolic OH excluding ortho intramolecular Hbond substituents is 2. The molecular weight excluding hydrogens is 404 g/mol. The molecule has 1 fully saturated rings. The van der Waals surface area contributed by atoms with E-state index in [-0.39, 0.29) is 16.7 Å². The van der Waals surface area contributed by atoms with Gasteiger partial charge >= 0.3 is 0 Å². The standard InChI is InChI=1S/C31H46O2/c1-9-20-16-23(28(32)25(18-20)30(3,4)5)27(22-14-12-11-13-15-22)24-17-21(10-2)19-26(29(24)33)31(6,7)8/h16-19,22,27,32-33H,9-15H2,1-8H3. The van der Waals surface area contributed by atoms with Crippen LogP contribution in [0.4, 0.5) is 0 Å². The van der Waals surface area contributed by atoms with Gasteiger partial charge in [-0.3, -0.25) is 0 Å². The quantitative estimate of drug-likeness (QED) is 0.479. The first-order chi connectivity index (χ1) is 15.4. The summed E-state index contributed by atoms with van der Waals surface area (Å²) in [6.07, 6.45) is 7.89. The minimum absolute atomic E-state index is 0.00509. The van der Waals surface area contributed by atoms with Gasteiger partial charge in [-0.25, -0.2) is 0 Å². The smallest absolute Gasteiger partial charge is 0.123 e. The van der Waals surface area contributed by atoms with Crippen LogP contribution in [0.3, 0.4) is 0 Å². The molecule has 0 saturated heterocycles. The summed E-state index contributed by atoms with van der Waals surface area (Å²) in [5.74, 6) is 1.28. The van der Waals surface area contributed by atoms with Crippen LogP contribution in [0.2, 0.25) is 0 Å². The normalized spacial score (nSPS) is 15.9. The van der Waals surface area contributed by atoms with Crippen LogP contribution in [-0.2, 0) is 23.7 Å². The van der Waals surface area contributed by atoms with Crippen LogP contribution < -0.4 is 0 Å². The average molecular weight is 451 g/mol. The van der Waals surface area contributed by atoms with Gasteiger partial charge < -0.3 is 10.2 Å². The molecule has 2 aromatic carbocycles. The third-order valence-electron chi connectivity index (χ3n) is 7.62. The summed E-state index contributed by atoms with van der Waals surface area (Å²) in [5, 5.41) is 23.3. The second kappa shape index (κ2) is 9.72. The van der Waals surface area contributed by atoms with Crippen molar-refractivity contribution in [1.29, 1.82) is 0 Å². The van der Waals surface area contributed by atoms with Crippen molar-refractivity contribution in [2.24, 2.45) is 5.92 Å². The van der Waals surface area contributed by atoms with Crippen molar-refractivity contribution < 1.29 is 10.2 Å². The van der Waals surface area contributed by atoms with Crippen molar-refractivity contribution in [2.45, 2.75) is 117 Å². The minimum atomic E-state index is -0.148. The van der Waals surface area contributed by atoms with Crippen LogP contribution in [0.1, 0.15) is 127 Å². The minimum Gasteiger partial charge on any atom is -0.507 e. The summed E-state index contributed by atoms with van der Waals surface area (Å²) in [6.45, 7) is 17.4. The largest absolute Gasteiger partial charge is 0.507 e. The number of aryl methyl sites for hydroxylation is 2. The Kier molecular flexibility index (Phi) is 7.56.